The zero-order chi connectivity index (χ0) is 16.2. The van der Waals surface area contributed by atoms with E-state index in [-0.39, 0.29) is 5.56 Å². The van der Waals surface area contributed by atoms with E-state index >= 15 is 0 Å². The predicted molar refractivity (Wildman–Crippen MR) is 92.0 cm³/mol. The molecule has 0 bridgehead atoms. The molecule has 0 saturated heterocycles. The second kappa shape index (κ2) is 6.62. The third-order valence-electron chi connectivity index (χ3n) is 3.26. The third-order valence-corrected chi connectivity index (χ3v) is 3.82. The van der Waals surface area contributed by atoms with Crippen molar-refractivity contribution in [2.45, 2.75) is 5.16 Å². The molecule has 1 N–H and O–H groups in total. The highest BCUT2D eigenvalue weighted by Gasteiger charge is 2.08. The van der Waals surface area contributed by atoms with Crippen molar-refractivity contribution >= 4 is 23.5 Å². The summed E-state index contributed by atoms with van der Waals surface area (Å²) in [4.78, 5) is 25.2. The molecule has 0 aliphatic heterocycles. The standard InChI is InChI=1S/C16H15N5OS/c1-21-14(22)10-12(11-6-4-3-5-7-11)18-15(21)19-13-8-9-17-16(20-13)23-2/h3-10H,1-2H3,(H,17,18,19,20). The van der Waals surface area contributed by atoms with Crippen molar-refractivity contribution in [3.63, 3.8) is 0 Å². The molecule has 1 aromatic carbocycles. The zero-order valence-electron chi connectivity index (χ0n) is 12.7. The van der Waals surface area contributed by atoms with Crippen LogP contribution in [0, 0.1) is 0 Å². The number of hydrogen-bond acceptors (Lipinski definition) is 6. The number of aromatic nitrogens is 4. The van der Waals surface area contributed by atoms with Crippen LogP contribution in [0.2, 0.25) is 0 Å². The van der Waals surface area contributed by atoms with Crippen molar-refractivity contribution in [3.05, 3.63) is 59.0 Å². The van der Waals surface area contributed by atoms with Crippen LogP contribution in [0.1, 0.15) is 0 Å². The SMILES string of the molecule is CSc1nccc(Nc2nc(-c3ccccc3)cc(=O)n2C)n1. The van der Waals surface area contributed by atoms with Gasteiger partial charge in [0.2, 0.25) is 5.95 Å². The Morgan fingerprint density at radius 1 is 1.13 bits per heavy atom. The smallest absolute Gasteiger partial charge is 0.255 e. The monoisotopic (exact) mass is 325 g/mol. The number of benzene rings is 1. The molecule has 116 valence electrons. The highest BCUT2D eigenvalue weighted by molar-refractivity contribution is 7.98. The van der Waals surface area contributed by atoms with Crippen LogP contribution in [-0.4, -0.2) is 25.8 Å². The van der Waals surface area contributed by atoms with E-state index < -0.39 is 0 Å². The molecule has 0 radical (unpaired) electrons. The highest BCUT2D eigenvalue weighted by atomic mass is 32.2. The molecule has 0 unspecified atom stereocenters. The van der Waals surface area contributed by atoms with Gasteiger partial charge in [-0.25, -0.2) is 15.0 Å². The fourth-order valence-electron chi connectivity index (χ4n) is 2.03. The van der Waals surface area contributed by atoms with Gasteiger partial charge in [0.15, 0.2) is 5.16 Å². The lowest BCUT2D eigenvalue weighted by molar-refractivity contribution is 0.836. The number of hydrogen-bond donors (Lipinski definition) is 1. The van der Waals surface area contributed by atoms with Crippen LogP contribution in [0.25, 0.3) is 11.3 Å². The molecule has 0 amide bonds. The first-order valence-corrected chi connectivity index (χ1v) is 8.17. The Kier molecular flexibility index (Phi) is 4.38. The summed E-state index contributed by atoms with van der Waals surface area (Å²) in [5, 5.41) is 3.74. The predicted octanol–water partition coefficient (Wildman–Crippen LogP) is 2.70. The van der Waals surface area contributed by atoms with Gasteiger partial charge >= 0.3 is 0 Å². The van der Waals surface area contributed by atoms with Gasteiger partial charge in [-0.2, -0.15) is 0 Å². The van der Waals surface area contributed by atoms with Gasteiger partial charge in [-0.1, -0.05) is 42.1 Å². The van der Waals surface area contributed by atoms with Crippen LogP contribution in [0.5, 0.6) is 0 Å². The summed E-state index contributed by atoms with van der Waals surface area (Å²) in [6.07, 6.45) is 3.57. The lowest BCUT2D eigenvalue weighted by Crippen LogP contribution is -2.20. The highest BCUT2D eigenvalue weighted by Crippen LogP contribution is 2.19. The van der Waals surface area contributed by atoms with Crippen LogP contribution in [0.4, 0.5) is 11.8 Å². The van der Waals surface area contributed by atoms with Crippen molar-refractivity contribution in [1.82, 2.24) is 19.5 Å². The maximum absolute atomic E-state index is 12.2. The summed E-state index contributed by atoms with van der Waals surface area (Å²) < 4.78 is 1.45. The molecule has 2 aromatic heterocycles. The van der Waals surface area contributed by atoms with Gasteiger partial charge in [0, 0.05) is 24.9 Å². The number of nitrogens with one attached hydrogen (secondary N) is 1. The van der Waals surface area contributed by atoms with Crippen LogP contribution in [0.3, 0.4) is 0 Å². The van der Waals surface area contributed by atoms with E-state index in [1.54, 1.807) is 19.3 Å². The number of anilines is 2. The molecule has 0 spiro atoms. The molecule has 0 aliphatic rings. The Morgan fingerprint density at radius 2 is 1.91 bits per heavy atom. The van der Waals surface area contributed by atoms with E-state index in [0.29, 0.717) is 22.6 Å². The minimum atomic E-state index is -0.138. The van der Waals surface area contributed by atoms with E-state index in [1.807, 2.05) is 36.6 Å². The first-order valence-electron chi connectivity index (χ1n) is 6.95. The van der Waals surface area contributed by atoms with Crippen LogP contribution < -0.4 is 10.9 Å². The molecule has 0 fully saturated rings. The molecule has 7 heteroatoms. The van der Waals surface area contributed by atoms with Gasteiger partial charge in [0.1, 0.15) is 5.82 Å². The van der Waals surface area contributed by atoms with Gasteiger partial charge in [-0.3, -0.25) is 9.36 Å². The quantitative estimate of drug-likeness (QED) is 0.587. The lowest BCUT2D eigenvalue weighted by atomic mass is 10.1. The third kappa shape index (κ3) is 3.40. The summed E-state index contributed by atoms with van der Waals surface area (Å²) in [5.41, 5.74) is 1.37. The maximum Gasteiger partial charge on any atom is 0.255 e. The van der Waals surface area contributed by atoms with Crippen LogP contribution in [0.15, 0.2) is 58.6 Å². The molecular weight excluding hydrogens is 310 g/mol. The zero-order valence-corrected chi connectivity index (χ0v) is 13.5. The second-order valence-electron chi connectivity index (χ2n) is 4.78. The molecule has 23 heavy (non-hydrogen) atoms. The summed E-state index contributed by atoms with van der Waals surface area (Å²) in [6.45, 7) is 0. The Labute approximate surface area is 137 Å². The fourth-order valence-corrected chi connectivity index (χ4v) is 2.39. The second-order valence-corrected chi connectivity index (χ2v) is 5.56. The van der Waals surface area contributed by atoms with Crippen LogP contribution in [-0.2, 0) is 7.05 Å². The fraction of sp³-hybridized carbons (Fsp3) is 0.125. The van der Waals surface area contributed by atoms with Crippen molar-refractivity contribution in [2.75, 3.05) is 11.6 Å². The molecule has 0 saturated carbocycles. The lowest BCUT2D eigenvalue weighted by Gasteiger charge is -2.11. The Balaban J connectivity index is 2.01. The minimum absolute atomic E-state index is 0.138. The summed E-state index contributed by atoms with van der Waals surface area (Å²) >= 11 is 1.45. The van der Waals surface area contributed by atoms with Gasteiger partial charge in [0.05, 0.1) is 5.69 Å². The summed E-state index contributed by atoms with van der Waals surface area (Å²) in [6, 6.07) is 12.8. The average Bonchev–Trinajstić information content (AvgIpc) is 2.59. The normalized spacial score (nSPS) is 10.5. The maximum atomic E-state index is 12.2. The molecule has 3 aromatic rings. The average molecular weight is 325 g/mol. The number of thioether (sulfide) groups is 1. The minimum Gasteiger partial charge on any atom is -0.310 e. The molecule has 0 atom stereocenters. The van der Waals surface area contributed by atoms with Crippen molar-refractivity contribution in [3.8, 4) is 11.3 Å². The van der Waals surface area contributed by atoms with Crippen molar-refractivity contribution < 1.29 is 0 Å². The van der Waals surface area contributed by atoms with Crippen molar-refractivity contribution in [1.29, 1.82) is 0 Å². The van der Waals surface area contributed by atoms with Crippen molar-refractivity contribution in [2.24, 2.45) is 7.05 Å². The molecule has 3 rings (SSSR count). The Bertz CT molecular complexity index is 879. The number of rotatable bonds is 4. The number of nitrogens with zero attached hydrogens (tertiary/aromatic N) is 4. The summed E-state index contributed by atoms with van der Waals surface area (Å²) in [5.74, 6) is 1.03. The first kappa shape index (κ1) is 15.2. The molecular formula is C16H15N5OS. The Hall–Kier alpha value is -2.67. The van der Waals surface area contributed by atoms with Crippen LogP contribution >= 0.6 is 11.8 Å². The van der Waals surface area contributed by atoms with E-state index in [0.717, 1.165) is 5.56 Å². The van der Waals surface area contributed by atoms with E-state index in [9.17, 15) is 4.79 Å². The van der Waals surface area contributed by atoms with E-state index in [4.69, 9.17) is 0 Å². The van der Waals surface area contributed by atoms with E-state index in [2.05, 4.69) is 20.3 Å². The van der Waals surface area contributed by atoms with Gasteiger partial charge in [-0.05, 0) is 12.3 Å². The molecule has 2 heterocycles. The van der Waals surface area contributed by atoms with Gasteiger partial charge in [-0.15, -0.1) is 0 Å². The largest absolute Gasteiger partial charge is 0.310 e. The first-order chi connectivity index (χ1) is 11.2. The summed E-state index contributed by atoms with van der Waals surface area (Å²) in [7, 11) is 1.67. The van der Waals surface area contributed by atoms with Gasteiger partial charge < -0.3 is 5.32 Å². The topological polar surface area (TPSA) is 72.7 Å². The van der Waals surface area contributed by atoms with Gasteiger partial charge in [0.25, 0.3) is 5.56 Å². The Morgan fingerprint density at radius 3 is 2.65 bits per heavy atom. The molecule has 6 nitrogen and oxygen atoms in total. The molecule has 0 aliphatic carbocycles. The van der Waals surface area contributed by atoms with E-state index in [1.165, 1.54) is 22.4 Å².